The standard InChI is InChI=1S/C11H14FNO3/c1-15-6-8-10(16-2)4-3-7(11(8)12)9(14)5-13/h3-4H,5-6,13H2,1-2H3. The van der Waals surface area contributed by atoms with E-state index in [1.54, 1.807) is 0 Å². The number of Topliss-reactive ketones (excluding diaryl/α,β-unsaturated/α-hetero) is 1. The van der Waals surface area contributed by atoms with Gasteiger partial charge in [-0.25, -0.2) is 4.39 Å². The van der Waals surface area contributed by atoms with Gasteiger partial charge in [0.25, 0.3) is 0 Å². The zero-order valence-electron chi connectivity index (χ0n) is 9.25. The van der Waals surface area contributed by atoms with Crippen molar-refractivity contribution in [2.45, 2.75) is 6.61 Å². The third kappa shape index (κ3) is 2.37. The molecule has 0 amide bonds. The first-order valence-electron chi connectivity index (χ1n) is 4.73. The Morgan fingerprint density at radius 2 is 2.12 bits per heavy atom. The maximum Gasteiger partial charge on any atom is 0.179 e. The van der Waals surface area contributed by atoms with Gasteiger partial charge in [0.15, 0.2) is 5.78 Å². The molecule has 0 unspecified atom stereocenters. The van der Waals surface area contributed by atoms with Crippen LogP contribution in [0.3, 0.4) is 0 Å². The molecule has 0 heterocycles. The first-order chi connectivity index (χ1) is 7.65. The van der Waals surface area contributed by atoms with Gasteiger partial charge in [0.2, 0.25) is 0 Å². The number of carbonyl (C=O) groups excluding carboxylic acids is 1. The summed E-state index contributed by atoms with van der Waals surface area (Å²) in [5.41, 5.74) is 5.38. The maximum atomic E-state index is 13.9. The largest absolute Gasteiger partial charge is 0.496 e. The summed E-state index contributed by atoms with van der Waals surface area (Å²) in [5, 5.41) is 0. The van der Waals surface area contributed by atoms with Crippen LogP contribution in [-0.2, 0) is 11.3 Å². The van der Waals surface area contributed by atoms with Crippen LogP contribution in [0, 0.1) is 5.82 Å². The number of rotatable bonds is 5. The van der Waals surface area contributed by atoms with Gasteiger partial charge in [-0.05, 0) is 12.1 Å². The Kier molecular flexibility index (Phi) is 4.39. The summed E-state index contributed by atoms with van der Waals surface area (Å²) in [4.78, 5) is 11.3. The van der Waals surface area contributed by atoms with E-state index in [1.807, 2.05) is 0 Å². The van der Waals surface area contributed by atoms with E-state index >= 15 is 0 Å². The minimum atomic E-state index is -0.628. The average molecular weight is 227 g/mol. The summed E-state index contributed by atoms with van der Waals surface area (Å²) in [7, 11) is 2.87. The molecule has 16 heavy (non-hydrogen) atoms. The van der Waals surface area contributed by atoms with Crippen LogP contribution >= 0.6 is 0 Å². The molecule has 0 aromatic heterocycles. The fraction of sp³-hybridized carbons (Fsp3) is 0.364. The third-order valence-corrected chi connectivity index (χ3v) is 2.19. The molecule has 5 heteroatoms. The van der Waals surface area contributed by atoms with E-state index in [1.165, 1.54) is 26.4 Å². The fourth-order valence-corrected chi connectivity index (χ4v) is 1.40. The van der Waals surface area contributed by atoms with Gasteiger partial charge < -0.3 is 15.2 Å². The first kappa shape index (κ1) is 12.6. The molecule has 0 radical (unpaired) electrons. The highest BCUT2D eigenvalue weighted by molar-refractivity contribution is 5.98. The molecule has 0 aliphatic carbocycles. The van der Waals surface area contributed by atoms with Gasteiger partial charge in [-0.15, -0.1) is 0 Å². The highest BCUT2D eigenvalue weighted by Gasteiger charge is 2.17. The number of methoxy groups -OCH3 is 2. The van der Waals surface area contributed by atoms with Crippen molar-refractivity contribution in [3.8, 4) is 5.75 Å². The number of carbonyl (C=O) groups is 1. The second-order valence-corrected chi connectivity index (χ2v) is 3.17. The lowest BCUT2D eigenvalue weighted by molar-refractivity contribution is 0.0996. The van der Waals surface area contributed by atoms with Gasteiger partial charge in [0.05, 0.1) is 31.4 Å². The monoisotopic (exact) mass is 227 g/mol. The topological polar surface area (TPSA) is 61.5 Å². The maximum absolute atomic E-state index is 13.9. The van der Waals surface area contributed by atoms with Crippen molar-refractivity contribution in [3.05, 3.63) is 29.1 Å². The number of halogens is 1. The minimum absolute atomic E-state index is 0.0321. The van der Waals surface area contributed by atoms with Crippen LogP contribution in [-0.4, -0.2) is 26.5 Å². The van der Waals surface area contributed by atoms with Crippen LogP contribution < -0.4 is 10.5 Å². The lowest BCUT2D eigenvalue weighted by Crippen LogP contribution is -2.16. The van der Waals surface area contributed by atoms with E-state index in [4.69, 9.17) is 15.2 Å². The Hall–Kier alpha value is -1.46. The molecule has 1 rings (SSSR count). The van der Waals surface area contributed by atoms with Gasteiger partial charge in [0, 0.05) is 7.11 Å². The third-order valence-electron chi connectivity index (χ3n) is 2.19. The molecule has 0 fully saturated rings. The number of benzene rings is 1. The second-order valence-electron chi connectivity index (χ2n) is 3.17. The molecule has 0 aliphatic rings. The number of hydrogen-bond acceptors (Lipinski definition) is 4. The Morgan fingerprint density at radius 1 is 1.44 bits per heavy atom. The van der Waals surface area contributed by atoms with Crippen molar-refractivity contribution in [3.63, 3.8) is 0 Å². The van der Waals surface area contributed by atoms with E-state index in [-0.39, 0.29) is 24.3 Å². The summed E-state index contributed by atoms with van der Waals surface area (Å²) in [6, 6.07) is 2.89. The van der Waals surface area contributed by atoms with E-state index in [2.05, 4.69) is 0 Å². The van der Waals surface area contributed by atoms with E-state index < -0.39 is 11.6 Å². The van der Waals surface area contributed by atoms with E-state index in [0.717, 1.165) is 0 Å². The van der Waals surface area contributed by atoms with Crippen molar-refractivity contribution in [1.29, 1.82) is 0 Å². The highest BCUT2D eigenvalue weighted by atomic mass is 19.1. The molecule has 88 valence electrons. The second kappa shape index (κ2) is 5.58. The molecule has 0 atom stereocenters. The molecule has 0 saturated carbocycles. The Bertz CT molecular complexity index is 393. The molecule has 4 nitrogen and oxygen atoms in total. The summed E-state index contributed by atoms with van der Waals surface area (Å²) < 4.78 is 23.7. The van der Waals surface area contributed by atoms with Gasteiger partial charge in [-0.1, -0.05) is 0 Å². The van der Waals surface area contributed by atoms with Crippen molar-refractivity contribution in [2.75, 3.05) is 20.8 Å². The molecule has 2 N–H and O–H groups in total. The Balaban J connectivity index is 3.25. The normalized spacial score (nSPS) is 10.2. The van der Waals surface area contributed by atoms with Gasteiger partial charge >= 0.3 is 0 Å². The molecular formula is C11H14FNO3. The van der Waals surface area contributed by atoms with Crippen molar-refractivity contribution >= 4 is 5.78 Å². The van der Waals surface area contributed by atoms with Crippen molar-refractivity contribution < 1.29 is 18.7 Å². The van der Waals surface area contributed by atoms with Crippen molar-refractivity contribution in [1.82, 2.24) is 0 Å². The predicted molar refractivity (Wildman–Crippen MR) is 57.0 cm³/mol. The first-order valence-corrected chi connectivity index (χ1v) is 4.73. The quantitative estimate of drug-likeness (QED) is 0.766. The van der Waals surface area contributed by atoms with Crippen molar-refractivity contribution in [2.24, 2.45) is 5.73 Å². The van der Waals surface area contributed by atoms with Gasteiger partial charge in [0.1, 0.15) is 11.6 Å². The van der Waals surface area contributed by atoms with Crippen LogP contribution in [0.5, 0.6) is 5.75 Å². The van der Waals surface area contributed by atoms with E-state index in [0.29, 0.717) is 5.75 Å². The summed E-state index contributed by atoms with van der Waals surface area (Å²) >= 11 is 0. The SMILES string of the molecule is COCc1c(OC)ccc(C(=O)CN)c1F. The van der Waals surface area contributed by atoms with Crippen LogP contribution in [0.4, 0.5) is 4.39 Å². The Labute approximate surface area is 93.2 Å². The zero-order valence-corrected chi connectivity index (χ0v) is 9.25. The fourth-order valence-electron chi connectivity index (χ4n) is 1.40. The zero-order chi connectivity index (χ0) is 12.1. The molecule has 0 spiro atoms. The average Bonchev–Trinajstić information content (AvgIpc) is 2.31. The number of hydrogen-bond donors (Lipinski definition) is 1. The van der Waals surface area contributed by atoms with Gasteiger partial charge in [-0.3, -0.25) is 4.79 Å². The minimum Gasteiger partial charge on any atom is -0.496 e. The summed E-state index contributed by atoms with van der Waals surface area (Å²) in [6.45, 7) is -0.184. The summed E-state index contributed by atoms with van der Waals surface area (Å²) in [5.74, 6) is -0.720. The van der Waals surface area contributed by atoms with Crippen LogP contribution in [0.2, 0.25) is 0 Å². The van der Waals surface area contributed by atoms with Crippen LogP contribution in [0.15, 0.2) is 12.1 Å². The lowest BCUT2D eigenvalue weighted by Gasteiger charge is -2.11. The molecule has 1 aromatic carbocycles. The molecule has 0 saturated heterocycles. The highest BCUT2D eigenvalue weighted by Crippen LogP contribution is 2.25. The smallest absolute Gasteiger partial charge is 0.179 e. The molecule has 0 bridgehead atoms. The molecule has 1 aromatic rings. The van der Waals surface area contributed by atoms with Crippen LogP contribution in [0.1, 0.15) is 15.9 Å². The summed E-state index contributed by atoms with van der Waals surface area (Å²) in [6.07, 6.45) is 0. The lowest BCUT2D eigenvalue weighted by atomic mass is 10.1. The van der Waals surface area contributed by atoms with Crippen LogP contribution in [0.25, 0.3) is 0 Å². The van der Waals surface area contributed by atoms with E-state index in [9.17, 15) is 9.18 Å². The molecule has 0 aliphatic heterocycles. The number of nitrogens with two attached hydrogens (primary N) is 1. The Morgan fingerprint density at radius 3 is 2.62 bits per heavy atom. The number of ketones is 1. The predicted octanol–water partition coefficient (Wildman–Crippen LogP) is 1.12. The number of ether oxygens (including phenoxy) is 2. The van der Waals surface area contributed by atoms with Gasteiger partial charge in [-0.2, -0.15) is 0 Å². The molecular weight excluding hydrogens is 213 g/mol.